The standard InChI is InChI=1S/C13H19NO3S/c1-4-18(16,17)13-7-5-12(6-8-13)10-14(3)9-11(2)15/h5-8H,4,9-10H2,1-3H3. The summed E-state index contributed by atoms with van der Waals surface area (Å²) in [5.74, 6) is 0.221. The fourth-order valence-electron chi connectivity index (χ4n) is 1.72. The van der Waals surface area contributed by atoms with Crippen LogP contribution in [0.2, 0.25) is 0 Å². The largest absolute Gasteiger partial charge is 0.299 e. The average Bonchev–Trinajstić information content (AvgIpc) is 2.28. The minimum absolute atomic E-state index is 0.108. The Hall–Kier alpha value is -1.20. The number of nitrogens with zero attached hydrogens (tertiary/aromatic N) is 1. The van der Waals surface area contributed by atoms with Gasteiger partial charge in [-0.05, 0) is 31.7 Å². The maximum absolute atomic E-state index is 11.6. The van der Waals surface area contributed by atoms with Crippen molar-refractivity contribution in [2.75, 3.05) is 19.3 Å². The van der Waals surface area contributed by atoms with Crippen molar-refractivity contribution in [1.29, 1.82) is 0 Å². The van der Waals surface area contributed by atoms with Crippen LogP contribution in [0.15, 0.2) is 29.2 Å². The van der Waals surface area contributed by atoms with E-state index in [9.17, 15) is 13.2 Å². The second-order valence-electron chi connectivity index (χ2n) is 4.42. The van der Waals surface area contributed by atoms with Gasteiger partial charge in [-0.25, -0.2) is 8.42 Å². The monoisotopic (exact) mass is 269 g/mol. The van der Waals surface area contributed by atoms with Crippen LogP contribution in [0.4, 0.5) is 0 Å². The topological polar surface area (TPSA) is 54.5 Å². The Morgan fingerprint density at radius 2 is 1.78 bits per heavy atom. The van der Waals surface area contributed by atoms with E-state index >= 15 is 0 Å². The molecule has 0 unspecified atom stereocenters. The second-order valence-corrected chi connectivity index (χ2v) is 6.70. The van der Waals surface area contributed by atoms with E-state index in [0.29, 0.717) is 18.0 Å². The third-order valence-corrected chi connectivity index (χ3v) is 4.36. The van der Waals surface area contributed by atoms with E-state index in [2.05, 4.69) is 0 Å². The van der Waals surface area contributed by atoms with E-state index in [1.165, 1.54) is 0 Å². The van der Waals surface area contributed by atoms with Crippen molar-refractivity contribution >= 4 is 15.6 Å². The third kappa shape index (κ3) is 4.23. The molecule has 1 aromatic rings. The Kier molecular flexibility index (Phi) is 5.04. The molecule has 0 saturated carbocycles. The van der Waals surface area contributed by atoms with Gasteiger partial charge in [-0.15, -0.1) is 0 Å². The van der Waals surface area contributed by atoms with Gasteiger partial charge in [0.1, 0.15) is 5.78 Å². The molecule has 0 fully saturated rings. The summed E-state index contributed by atoms with van der Waals surface area (Å²) in [6, 6.07) is 6.82. The van der Waals surface area contributed by atoms with Crippen molar-refractivity contribution in [3.8, 4) is 0 Å². The molecule has 4 nitrogen and oxygen atoms in total. The van der Waals surface area contributed by atoms with Crippen LogP contribution >= 0.6 is 0 Å². The van der Waals surface area contributed by atoms with E-state index in [0.717, 1.165) is 5.56 Å². The van der Waals surface area contributed by atoms with Crippen molar-refractivity contribution < 1.29 is 13.2 Å². The molecule has 5 heteroatoms. The van der Waals surface area contributed by atoms with Crippen LogP contribution in [0, 0.1) is 0 Å². The van der Waals surface area contributed by atoms with Crippen LogP contribution in [0.3, 0.4) is 0 Å². The smallest absolute Gasteiger partial charge is 0.178 e. The minimum atomic E-state index is -3.13. The summed E-state index contributed by atoms with van der Waals surface area (Å²) in [7, 11) is -1.27. The SMILES string of the molecule is CCS(=O)(=O)c1ccc(CN(C)CC(C)=O)cc1. The molecular formula is C13H19NO3S. The highest BCUT2D eigenvalue weighted by molar-refractivity contribution is 7.91. The van der Waals surface area contributed by atoms with Crippen LogP contribution < -0.4 is 0 Å². The molecule has 18 heavy (non-hydrogen) atoms. The number of rotatable bonds is 6. The summed E-state index contributed by atoms with van der Waals surface area (Å²) in [4.78, 5) is 13.2. The summed E-state index contributed by atoms with van der Waals surface area (Å²) >= 11 is 0. The Bertz CT molecular complexity index is 506. The molecule has 0 aliphatic rings. The van der Waals surface area contributed by atoms with Crippen LogP contribution in [-0.2, 0) is 21.2 Å². The van der Waals surface area contributed by atoms with E-state index in [-0.39, 0.29) is 11.5 Å². The summed E-state index contributed by atoms with van der Waals surface area (Å²) in [6.45, 7) is 4.21. The van der Waals surface area contributed by atoms with Gasteiger partial charge in [-0.2, -0.15) is 0 Å². The molecule has 0 spiro atoms. The number of carbonyl (C=O) groups is 1. The molecule has 0 bridgehead atoms. The van der Waals surface area contributed by atoms with Gasteiger partial charge in [0, 0.05) is 6.54 Å². The van der Waals surface area contributed by atoms with Crippen molar-refractivity contribution in [3.63, 3.8) is 0 Å². The van der Waals surface area contributed by atoms with E-state index < -0.39 is 9.84 Å². The summed E-state index contributed by atoms with van der Waals surface area (Å²) in [5.41, 5.74) is 0.994. The Morgan fingerprint density at radius 1 is 1.22 bits per heavy atom. The van der Waals surface area contributed by atoms with Gasteiger partial charge in [0.15, 0.2) is 9.84 Å². The molecule has 0 atom stereocenters. The summed E-state index contributed by atoms with van der Waals surface area (Å²) in [6.07, 6.45) is 0. The molecular weight excluding hydrogens is 250 g/mol. The molecule has 0 saturated heterocycles. The first-order valence-corrected chi connectivity index (χ1v) is 7.50. The van der Waals surface area contributed by atoms with Gasteiger partial charge in [0.25, 0.3) is 0 Å². The number of sulfone groups is 1. The normalized spacial score (nSPS) is 11.8. The number of benzene rings is 1. The third-order valence-electron chi connectivity index (χ3n) is 2.61. The number of likely N-dealkylation sites (N-methyl/N-ethyl adjacent to an activating group) is 1. The highest BCUT2D eigenvalue weighted by Crippen LogP contribution is 2.13. The first-order chi connectivity index (χ1) is 8.35. The predicted molar refractivity (Wildman–Crippen MR) is 71.2 cm³/mol. The maximum Gasteiger partial charge on any atom is 0.178 e. The molecule has 0 aliphatic carbocycles. The van der Waals surface area contributed by atoms with Gasteiger partial charge in [-0.3, -0.25) is 9.69 Å². The lowest BCUT2D eigenvalue weighted by Crippen LogP contribution is -2.23. The zero-order valence-electron chi connectivity index (χ0n) is 11.0. The second kappa shape index (κ2) is 6.11. The number of carbonyl (C=O) groups excluding carboxylic acids is 1. The molecule has 0 N–H and O–H groups in total. The fraction of sp³-hybridized carbons (Fsp3) is 0.462. The Balaban J connectivity index is 2.75. The van der Waals surface area contributed by atoms with Gasteiger partial charge in [0.2, 0.25) is 0 Å². The average molecular weight is 269 g/mol. The van der Waals surface area contributed by atoms with Gasteiger partial charge >= 0.3 is 0 Å². The molecule has 1 aromatic carbocycles. The highest BCUT2D eigenvalue weighted by Gasteiger charge is 2.11. The minimum Gasteiger partial charge on any atom is -0.299 e. The van der Waals surface area contributed by atoms with Crippen LogP contribution in [0.1, 0.15) is 19.4 Å². The highest BCUT2D eigenvalue weighted by atomic mass is 32.2. The zero-order valence-corrected chi connectivity index (χ0v) is 11.8. The van der Waals surface area contributed by atoms with E-state index in [1.54, 1.807) is 38.1 Å². The van der Waals surface area contributed by atoms with Crippen LogP contribution in [0.25, 0.3) is 0 Å². The fourth-order valence-corrected chi connectivity index (χ4v) is 2.60. The molecule has 0 aliphatic heterocycles. The lowest BCUT2D eigenvalue weighted by Gasteiger charge is -2.14. The maximum atomic E-state index is 11.6. The Labute approximate surface area is 109 Å². The van der Waals surface area contributed by atoms with Crippen molar-refractivity contribution in [2.45, 2.75) is 25.3 Å². The van der Waals surface area contributed by atoms with Gasteiger partial charge in [-0.1, -0.05) is 19.1 Å². The number of ketones is 1. The van der Waals surface area contributed by atoms with Crippen LogP contribution in [-0.4, -0.2) is 38.4 Å². The quantitative estimate of drug-likeness (QED) is 0.785. The number of Topliss-reactive ketones (excluding diaryl/α,β-unsaturated/α-hetero) is 1. The van der Waals surface area contributed by atoms with Crippen LogP contribution in [0.5, 0.6) is 0 Å². The van der Waals surface area contributed by atoms with Crippen molar-refractivity contribution in [3.05, 3.63) is 29.8 Å². The first kappa shape index (κ1) is 14.9. The molecule has 0 aromatic heterocycles. The van der Waals surface area contributed by atoms with Gasteiger partial charge < -0.3 is 0 Å². The molecule has 0 amide bonds. The van der Waals surface area contributed by atoms with Crippen molar-refractivity contribution in [1.82, 2.24) is 4.90 Å². The first-order valence-electron chi connectivity index (χ1n) is 5.85. The van der Waals surface area contributed by atoms with E-state index in [1.807, 2.05) is 11.9 Å². The molecule has 100 valence electrons. The number of hydrogen-bond acceptors (Lipinski definition) is 4. The molecule has 1 rings (SSSR count). The van der Waals surface area contributed by atoms with Gasteiger partial charge in [0.05, 0.1) is 17.2 Å². The summed E-state index contributed by atoms with van der Waals surface area (Å²) in [5, 5.41) is 0. The van der Waals surface area contributed by atoms with E-state index in [4.69, 9.17) is 0 Å². The molecule has 0 radical (unpaired) electrons. The lowest BCUT2D eigenvalue weighted by molar-refractivity contribution is -0.117. The van der Waals surface area contributed by atoms with Crippen molar-refractivity contribution in [2.24, 2.45) is 0 Å². The Morgan fingerprint density at radius 3 is 2.22 bits per heavy atom. The predicted octanol–water partition coefficient (Wildman–Crippen LogP) is 1.50. The molecule has 0 heterocycles. The summed E-state index contributed by atoms with van der Waals surface area (Å²) < 4.78 is 23.2. The lowest BCUT2D eigenvalue weighted by atomic mass is 10.2. The number of hydrogen-bond donors (Lipinski definition) is 0. The zero-order chi connectivity index (χ0) is 13.8.